The number of carboxylic acids is 1. The number of aryl methyl sites for hydroxylation is 3. The van der Waals surface area contributed by atoms with Gasteiger partial charge in [-0.15, -0.1) is 0 Å². The van der Waals surface area contributed by atoms with Gasteiger partial charge in [0.25, 0.3) is 0 Å². The van der Waals surface area contributed by atoms with Crippen LogP contribution in [0, 0.1) is 20.8 Å². The highest BCUT2D eigenvalue weighted by atomic mass is 16.5. The lowest BCUT2D eigenvalue weighted by molar-refractivity contribution is 0.0698. The zero-order chi connectivity index (χ0) is 22.8. The predicted octanol–water partition coefficient (Wildman–Crippen LogP) is 5.91. The fourth-order valence-corrected chi connectivity index (χ4v) is 3.79. The van der Waals surface area contributed by atoms with Crippen molar-refractivity contribution in [1.29, 1.82) is 0 Å². The summed E-state index contributed by atoms with van der Waals surface area (Å²) in [5.74, 6) is 0.480. The molecule has 0 spiro atoms. The Kier molecular flexibility index (Phi) is 5.69. The lowest BCUT2D eigenvalue weighted by Crippen LogP contribution is -2.08. The predicted molar refractivity (Wildman–Crippen MR) is 126 cm³/mol. The average Bonchev–Trinajstić information content (AvgIpc) is 3.10. The zero-order valence-corrected chi connectivity index (χ0v) is 18.5. The molecule has 0 saturated heterocycles. The summed E-state index contributed by atoms with van der Waals surface area (Å²) in [6, 6.07) is 21.1. The molecule has 0 amide bonds. The number of aromatic carboxylic acids is 1. The first kappa shape index (κ1) is 21.2. The zero-order valence-electron chi connectivity index (χ0n) is 18.5. The fraction of sp³-hybridized carbons (Fsp3) is 0.154. The van der Waals surface area contributed by atoms with Gasteiger partial charge in [-0.3, -0.25) is 0 Å². The molecule has 1 aromatic heterocycles. The maximum Gasteiger partial charge on any atom is 0.337 e. The number of hydrogen-bond donors (Lipinski definition) is 2. The van der Waals surface area contributed by atoms with Crippen LogP contribution in [0.2, 0.25) is 0 Å². The maximum atomic E-state index is 11.9. The van der Waals surface area contributed by atoms with E-state index in [4.69, 9.17) is 9.84 Å². The Balaban J connectivity index is 1.94. The second kappa shape index (κ2) is 8.59. The number of hydrogen-bond acceptors (Lipinski definition) is 4. The number of aromatic nitrogens is 2. The van der Waals surface area contributed by atoms with Crippen molar-refractivity contribution < 1.29 is 14.6 Å². The molecule has 0 aliphatic rings. The highest BCUT2D eigenvalue weighted by Gasteiger charge is 2.21. The third kappa shape index (κ3) is 3.95. The second-order valence-electron chi connectivity index (χ2n) is 7.71. The number of para-hydroxylation sites is 1. The van der Waals surface area contributed by atoms with Gasteiger partial charge in [0.1, 0.15) is 11.6 Å². The van der Waals surface area contributed by atoms with E-state index in [1.807, 2.05) is 80.1 Å². The van der Waals surface area contributed by atoms with Gasteiger partial charge in [-0.25, -0.2) is 9.48 Å². The van der Waals surface area contributed by atoms with Crippen molar-refractivity contribution >= 4 is 17.5 Å². The number of carbonyl (C=O) groups is 1. The summed E-state index contributed by atoms with van der Waals surface area (Å²) in [7, 11) is 1.63. The summed E-state index contributed by atoms with van der Waals surface area (Å²) >= 11 is 0. The van der Waals surface area contributed by atoms with Crippen LogP contribution in [-0.2, 0) is 0 Å². The van der Waals surface area contributed by atoms with Crippen molar-refractivity contribution in [3.8, 4) is 22.6 Å². The van der Waals surface area contributed by atoms with Gasteiger partial charge in [0, 0.05) is 5.56 Å². The quantitative estimate of drug-likeness (QED) is 0.400. The Morgan fingerprint density at radius 3 is 2.38 bits per heavy atom. The van der Waals surface area contributed by atoms with Crippen molar-refractivity contribution in [3.05, 3.63) is 89.1 Å². The molecule has 6 nitrogen and oxygen atoms in total. The molecule has 0 fully saturated rings. The van der Waals surface area contributed by atoms with Crippen molar-refractivity contribution in [2.45, 2.75) is 20.8 Å². The molecule has 6 heteroatoms. The topological polar surface area (TPSA) is 76.4 Å². The summed E-state index contributed by atoms with van der Waals surface area (Å²) in [5.41, 5.74) is 6.25. The number of nitrogens with zero attached hydrogens (tertiary/aromatic N) is 2. The van der Waals surface area contributed by atoms with Gasteiger partial charge < -0.3 is 15.2 Å². The van der Waals surface area contributed by atoms with Crippen LogP contribution in [0.3, 0.4) is 0 Å². The lowest BCUT2D eigenvalue weighted by Gasteiger charge is -2.16. The van der Waals surface area contributed by atoms with Crippen LogP contribution in [0.1, 0.15) is 27.2 Å². The molecular weight excluding hydrogens is 402 g/mol. The monoisotopic (exact) mass is 427 g/mol. The van der Waals surface area contributed by atoms with Crippen LogP contribution in [0.25, 0.3) is 16.8 Å². The number of benzene rings is 3. The molecule has 4 rings (SSSR count). The van der Waals surface area contributed by atoms with Crippen LogP contribution in [-0.4, -0.2) is 28.0 Å². The highest BCUT2D eigenvalue weighted by Crippen LogP contribution is 2.37. The molecule has 0 saturated carbocycles. The molecule has 3 aromatic carbocycles. The minimum atomic E-state index is -0.985. The van der Waals surface area contributed by atoms with Crippen molar-refractivity contribution in [1.82, 2.24) is 9.78 Å². The third-order valence-electron chi connectivity index (χ3n) is 5.44. The van der Waals surface area contributed by atoms with Crippen LogP contribution in [0.15, 0.2) is 66.7 Å². The molecule has 0 atom stereocenters. The Hall–Kier alpha value is -4.06. The molecule has 0 aliphatic carbocycles. The Labute approximate surface area is 187 Å². The van der Waals surface area contributed by atoms with Crippen molar-refractivity contribution in [2.75, 3.05) is 12.4 Å². The molecule has 1 heterocycles. The van der Waals surface area contributed by atoms with E-state index in [-0.39, 0.29) is 5.56 Å². The number of rotatable bonds is 6. The molecule has 2 N–H and O–H groups in total. The largest absolute Gasteiger partial charge is 0.497 e. The summed E-state index contributed by atoms with van der Waals surface area (Å²) in [4.78, 5) is 11.9. The number of nitrogens with one attached hydrogen (secondary N) is 1. The first-order valence-corrected chi connectivity index (χ1v) is 10.3. The maximum absolute atomic E-state index is 11.9. The van der Waals surface area contributed by atoms with Crippen LogP contribution in [0.5, 0.6) is 5.75 Å². The first-order valence-electron chi connectivity index (χ1n) is 10.3. The Bertz CT molecular complexity index is 1290. The molecule has 162 valence electrons. The van der Waals surface area contributed by atoms with E-state index in [1.165, 1.54) is 0 Å². The highest BCUT2D eigenvalue weighted by molar-refractivity contribution is 5.96. The molecule has 0 bridgehead atoms. The van der Waals surface area contributed by atoms with Crippen molar-refractivity contribution in [2.24, 2.45) is 0 Å². The summed E-state index contributed by atoms with van der Waals surface area (Å²) in [6.45, 7) is 5.85. The SMILES string of the molecule is COc1ccc(-c2c(C)nn(-c3ccccc3C)c2Nc2ccc(C)cc2C(=O)O)cc1. The van der Waals surface area contributed by atoms with E-state index in [1.54, 1.807) is 19.2 Å². The van der Waals surface area contributed by atoms with Gasteiger partial charge in [-0.05, 0) is 62.2 Å². The minimum absolute atomic E-state index is 0.209. The molecular formula is C26H25N3O3. The smallest absolute Gasteiger partial charge is 0.337 e. The standard InChI is InChI=1S/C26H25N3O3/c1-16-9-14-22(21(15-16)26(30)31)27-25-24(19-10-12-20(32-4)13-11-19)18(3)28-29(25)23-8-6-5-7-17(23)2/h5-15,27H,1-4H3,(H,30,31). The number of methoxy groups -OCH3 is 1. The van der Waals surface area contributed by atoms with E-state index in [0.29, 0.717) is 11.5 Å². The minimum Gasteiger partial charge on any atom is -0.497 e. The number of carboxylic acid groups (broad SMARTS) is 1. The number of anilines is 2. The average molecular weight is 428 g/mol. The summed E-state index contributed by atoms with van der Waals surface area (Å²) in [6.07, 6.45) is 0. The molecule has 0 aliphatic heterocycles. The lowest BCUT2D eigenvalue weighted by atomic mass is 10.0. The van der Waals surface area contributed by atoms with E-state index in [0.717, 1.165) is 39.4 Å². The summed E-state index contributed by atoms with van der Waals surface area (Å²) in [5, 5.41) is 18.0. The third-order valence-corrected chi connectivity index (χ3v) is 5.44. The molecule has 0 radical (unpaired) electrons. The summed E-state index contributed by atoms with van der Waals surface area (Å²) < 4.78 is 7.15. The number of ether oxygens (including phenoxy) is 1. The van der Waals surface area contributed by atoms with Crippen LogP contribution < -0.4 is 10.1 Å². The molecule has 32 heavy (non-hydrogen) atoms. The van der Waals surface area contributed by atoms with Gasteiger partial charge >= 0.3 is 5.97 Å². The van der Waals surface area contributed by atoms with Crippen LogP contribution in [0.4, 0.5) is 11.5 Å². The van der Waals surface area contributed by atoms with E-state index < -0.39 is 5.97 Å². The van der Waals surface area contributed by atoms with Gasteiger partial charge in [0.2, 0.25) is 0 Å². The van der Waals surface area contributed by atoms with Crippen LogP contribution >= 0.6 is 0 Å². The van der Waals surface area contributed by atoms with Gasteiger partial charge in [-0.1, -0.05) is 42.0 Å². The van der Waals surface area contributed by atoms with Gasteiger partial charge in [0.15, 0.2) is 0 Å². The van der Waals surface area contributed by atoms with Gasteiger partial charge in [-0.2, -0.15) is 5.10 Å². The first-order chi connectivity index (χ1) is 15.4. The Morgan fingerprint density at radius 2 is 1.72 bits per heavy atom. The van der Waals surface area contributed by atoms with Gasteiger partial charge in [0.05, 0.1) is 29.7 Å². The molecule has 0 unspecified atom stereocenters. The van der Waals surface area contributed by atoms with Crippen molar-refractivity contribution in [3.63, 3.8) is 0 Å². The van der Waals surface area contributed by atoms with E-state index in [9.17, 15) is 9.90 Å². The second-order valence-corrected chi connectivity index (χ2v) is 7.71. The molecule has 4 aromatic rings. The normalized spacial score (nSPS) is 10.8. The fourth-order valence-electron chi connectivity index (χ4n) is 3.79. The van der Waals surface area contributed by atoms with E-state index in [2.05, 4.69) is 5.32 Å². The Morgan fingerprint density at radius 1 is 1.00 bits per heavy atom. The van der Waals surface area contributed by atoms with E-state index >= 15 is 0 Å².